The Morgan fingerprint density at radius 2 is 1.90 bits per heavy atom. The molecule has 1 unspecified atom stereocenters. The molecule has 0 aromatic heterocycles. The molecule has 40 heavy (non-hydrogen) atoms. The van der Waals surface area contributed by atoms with Crippen LogP contribution in [0.15, 0.2) is 73.0 Å². The second-order valence-corrected chi connectivity index (χ2v) is 9.90. The Bertz CT molecular complexity index is 1180. The minimum Gasteiger partial charge on any atom is -0.507 e. The Labute approximate surface area is 236 Å². The van der Waals surface area contributed by atoms with Crippen LogP contribution in [0.4, 0.5) is 4.79 Å². The first-order valence-electron chi connectivity index (χ1n) is 13.9. The van der Waals surface area contributed by atoms with Gasteiger partial charge in [-0.25, -0.2) is 14.4 Å². The number of nitrogens with one attached hydrogen (secondary N) is 1. The van der Waals surface area contributed by atoms with Crippen molar-refractivity contribution in [2.24, 2.45) is 5.92 Å². The number of carbonyl (C=O) groups excluding carboxylic acids is 3. The molecule has 8 heteroatoms. The van der Waals surface area contributed by atoms with Crippen LogP contribution in [0, 0.1) is 5.92 Å². The molecule has 1 aliphatic rings. The molecule has 0 saturated heterocycles. The second-order valence-electron chi connectivity index (χ2n) is 9.90. The van der Waals surface area contributed by atoms with Gasteiger partial charge in [-0.05, 0) is 48.9 Å². The third kappa shape index (κ3) is 9.59. The highest BCUT2D eigenvalue weighted by Crippen LogP contribution is 2.28. The summed E-state index contributed by atoms with van der Waals surface area (Å²) in [5, 5.41) is 13.0. The Morgan fingerprint density at radius 3 is 2.67 bits per heavy atom. The molecule has 1 amide bonds. The predicted molar refractivity (Wildman–Crippen MR) is 152 cm³/mol. The fourth-order valence-corrected chi connectivity index (χ4v) is 4.41. The van der Waals surface area contributed by atoms with Gasteiger partial charge in [-0.3, -0.25) is 5.32 Å². The highest BCUT2D eigenvalue weighted by Gasteiger charge is 2.29. The molecule has 2 aromatic rings. The van der Waals surface area contributed by atoms with Crippen molar-refractivity contribution >= 4 is 18.0 Å². The molecule has 2 N–H and O–H groups in total. The smallest absolute Gasteiger partial charge is 0.411 e. The van der Waals surface area contributed by atoms with Crippen LogP contribution in [-0.4, -0.2) is 42.0 Å². The summed E-state index contributed by atoms with van der Waals surface area (Å²) >= 11 is 0. The molecule has 0 fully saturated rings. The first kappa shape index (κ1) is 30.5. The number of amides is 1. The van der Waals surface area contributed by atoms with Crippen molar-refractivity contribution < 1.29 is 33.7 Å². The average molecular weight is 550 g/mol. The van der Waals surface area contributed by atoms with Gasteiger partial charge in [-0.2, -0.15) is 0 Å². The first-order chi connectivity index (χ1) is 19.4. The van der Waals surface area contributed by atoms with Gasteiger partial charge in [0.15, 0.2) is 0 Å². The summed E-state index contributed by atoms with van der Waals surface area (Å²) in [6.07, 6.45) is 9.63. The Hall–Kier alpha value is -4.07. The Morgan fingerprint density at radius 1 is 1.10 bits per heavy atom. The normalized spacial score (nSPS) is 20.4. The van der Waals surface area contributed by atoms with Crippen LogP contribution in [-0.2, 0) is 20.6 Å². The van der Waals surface area contributed by atoms with E-state index < -0.39 is 30.2 Å². The number of phenolic OH excluding ortho intramolecular Hbond substituents is 1. The van der Waals surface area contributed by atoms with Crippen LogP contribution in [0.2, 0.25) is 0 Å². The fourth-order valence-electron chi connectivity index (χ4n) is 4.41. The molecular weight excluding hydrogens is 510 g/mol. The van der Waals surface area contributed by atoms with Crippen LogP contribution in [0.25, 0.3) is 0 Å². The summed E-state index contributed by atoms with van der Waals surface area (Å²) in [5.74, 6) is -1.34. The summed E-state index contributed by atoms with van der Waals surface area (Å²) in [5.41, 5.74) is 1.20. The zero-order chi connectivity index (χ0) is 28.7. The molecule has 2 aromatic carbocycles. The molecule has 214 valence electrons. The minimum atomic E-state index is -0.696. The van der Waals surface area contributed by atoms with Gasteiger partial charge in [-0.15, -0.1) is 0 Å². The lowest BCUT2D eigenvalue weighted by Gasteiger charge is -2.28. The topological polar surface area (TPSA) is 111 Å². The zero-order valence-corrected chi connectivity index (χ0v) is 23.2. The summed E-state index contributed by atoms with van der Waals surface area (Å²) < 4.78 is 17.0. The van der Waals surface area contributed by atoms with Gasteiger partial charge in [0.05, 0.1) is 12.2 Å². The van der Waals surface area contributed by atoms with Crippen molar-refractivity contribution in [1.82, 2.24) is 5.32 Å². The van der Waals surface area contributed by atoms with Crippen LogP contribution >= 0.6 is 0 Å². The van der Waals surface area contributed by atoms with E-state index in [1.807, 2.05) is 25.1 Å². The van der Waals surface area contributed by atoms with E-state index in [9.17, 15) is 19.5 Å². The number of cyclic esters (lactones) is 1. The number of hydrogen-bond acceptors (Lipinski definition) is 7. The summed E-state index contributed by atoms with van der Waals surface area (Å²) in [4.78, 5) is 38.1. The van der Waals surface area contributed by atoms with Gasteiger partial charge >= 0.3 is 18.0 Å². The third-order valence-corrected chi connectivity index (χ3v) is 6.72. The fraction of sp³-hybridized carbons (Fsp3) is 0.406. The molecular formula is C32H39NO7. The van der Waals surface area contributed by atoms with Gasteiger partial charge in [0.25, 0.3) is 0 Å². The molecule has 3 atom stereocenters. The largest absolute Gasteiger partial charge is 0.507 e. The number of allylic oxidation sites excluding steroid dienone is 2. The number of carbonyl (C=O) groups is 3. The Kier molecular flexibility index (Phi) is 12.3. The molecule has 3 rings (SSSR count). The minimum absolute atomic E-state index is 0.0617. The summed E-state index contributed by atoms with van der Waals surface area (Å²) in [6, 6.07) is 13.7. The zero-order valence-electron chi connectivity index (χ0n) is 23.2. The Balaban J connectivity index is 1.78. The van der Waals surface area contributed by atoms with E-state index in [2.05, 4.69) is 12.2 Å². The van der Waals surface area contributed by atoms with Gasteiger partial charge in [0.1, 0.15) is 23.5 Å². The molecule has 1 heterocycles. The van der Waals surface area contributed by atoms with Gasteiger partial charge in [-0.1, -0.05) is 75.2 Å². The average Bonchev–Trinajstić information content (AvgIpc) is 2.95. The van der Waals surface area contributed by atoms with Crippen molar-refractivity contribution in [2.75, 3.05) is 6.61 Å². The molecule has 0 aliphatic carbocycles. The molecule has 0 spiro atoms. The van der Waals surface area contributed by atoms with Crippen molar-refractivity contribution in [1.29, 1.82) is 0 Å². The van der Waals surface area contributed by atoms with E-state index in [1.165, 1.54) is 12.3 Å². The van der Waals surface area contributed by atoms with Crippen molar-refractivity contribution in [2.45, 2.75) is 71.0 Å². The summed E-state index contributed by atoms with van der Waals surface area (Å²) in [6.45, 7) is 4.41. The lowest BCUT2D eigenvalue weighted by molar-refractivity contribution is -0.0129. The van der Waals surface area contributed by atoms with E-state index in [-0.39, 0.29) is 30.1 Å². The van der Waals surface area contributed by atoms with E-state index in [4.69, 9.17) is 14.2 Å². The monoisotopic (exact) mass is 549 g/mol. The maximum absolute atomic E-state index is 13.3. The van der Waals surface area contributed by atoms with E-state index in [0.717, 1.165) is 19.3 Å². The third-order valence-electron chi connectivity index (χ3n) is 6.72. The highest BCUT2D eigenvalue weighted by molar-refractivity contribution is 5.94. The number of aromatic hydroxyl groups is 1. The molecule has 8 nitrogen and oxygen atoms in total. The number of fused-ring (bicyclic) bond motifs is 1. The number of unbranched alkanes of at least 4 members (excludes halogenated alkanes) is 2. The van der Waals surface area contributed by atoms with E-state index >= 15 is 0 Å². The van der Waals surface area contributed by atoms with Gasteiger partial charge in [0, 0.05) is 19.0 Å². The van der Waals surface area contributed by atoms with Crippen LogP contribution in [0.3, 0.4) is 0 Å². The summed E-state index contributed by atoms with van der Waals surface area (Å²) in [7, 11) is 0. The lowest BCUT2D eigenvalue weighted by Crippen LogP contribution is -2.32. The van der Waals surface area contributed by atoms with E-state index in [0.29, 0.717) is 30.6 Å². The highest BCUT2D eigenvalue weighted by atomic mass is 16.6. The van der Waals surface area contributed by atoms with Crippen molar-refractivity contribution in [3.8, 4) is 5.75 Å². The lowest BCUT2D eigenvalue weighted by atomic mass is 9.93. The first-order valence-corrected chi connectivity index (χ1v) is 13.9. The number of benzene rings is 2. The van der Waals surface area contributed by atoms with E-state index in [1.54, 1.807) is 42.5 Å². The van der Waals surface area contributed by atoms with Crippen molar-refractivity contribution in [3.05, 3.63) is 89.6 Å². The van der Waals surface area contributed by atoms with Crippen molar-refractivity contribution in [3.63, 3.8) is 0 Å². The molecule has 0 saturated carbocycles. The maximum Gasteiger partial charge on any atom is 0.411 e. The maximum atomic E-state index is 13.3. The van der Waals surface area contributed by atoms with Gasteiger partial charge < -0.3 is 19.3 Å². The van der Waals surface area contributed by atoms with Crippen LogP contribution in [0.5, 0.6) is 5.75 Å². The number of esters is 2. The molecule has 0 bridgehead atoms. The second kappa shape index (κ2) is 16.1. The quantitative estimate of drug-likeness (QED) is 0.159. The van der Waals surface area contributed by atoms with Crippen LogP contribution < -0.4 is 5.32 Å². The predicted octanol–water partition coefficient (Wildman–Crippen LogP) is 6.49. The molecule has 0 radical (unpaired) electrons. The SMILES string of the molecule is CCCCCOC(=O)N/C=C/C[C@H]1C[C@@H](OC(=O)c2ccccc2)C(C)C/C=C/Cc2cccc(O)c2C(=O)O1. The number of hydrogen-bond donors (Lipinski definition) is 2. The standard InChI is InChI=1S/C32H39NO7/c1-3-4-10-21-38-32(37)33-20-12-18-26-22-28(40-30(35)25-15-6-5-7-16-25)23(2)13-8-9-14-24-17-11-19-27(34)29(24)31(36)39-26/h5-9,11-12,15-17,19-20,23,26,28,34H,3-4,10,13-14,18,21-22H2,1-2H3,(H,33,37)/b9-8+,20-12+/t23?,26-,28+/m0/s1. The number of ether oxygens (including phenoxy) is 3. The number of rotatable bonds is 9. The number of alkyl carbamates (subject to hydrolysis) is 1. The number of phenols is 1. The van der Waals surface area contributed by atoms with Crippen LogP contribution in [0.1, 0.15) is 78.7 Å². The molecule has 1 aliphatic heterocycles. The van der Waals surface area contributed by atoms with Gasteiger partial charge in [0.2, 0.25) is 0 Å².